The number of thiocarbonyl (C=S) groups is 1. The first-order valence-corrected chi connectivity index (χ1v) is 7.97. The van der Waals surface area contributed by atoms with Crippen LogP contribution >= 0.6 is 39.7 Å². The lowest BCUT2D eigenvalue weighted by atomic mass is 10.2. The molecule has 1 aromatic carbocycles. The molecule has 0 aliphatic carbocycles. The van der Waals surface area contributed by atoms with E-state index in [1.54, 1.807) is 28.0 Å². The normalized spacial score (nSPS) is 10.6. The average Bonchev–Trinajstić information content (AvgIpc) is 3.11. The molecule has 22 heavy (non-hydrogen) atoms. The van der Waals surface area contributed by atoms with Gasteiger partial charge in [-0.25, -0.2) is 4.68 Å². The molecule has 2 heterocycles. The topological polar surface area (TPSA) is 47.7 Å². The lowest BCUT2D eigenvalue weighted by Crippen LogP contribution is -2.19. The molecule has 0 bridgehead atoms. The lowest BCUT2D eigenvalue weighted by Gasteiger charge is -2.05. The lowest BCUT2D eigenvalue weighted by molar-refractivity contribution is 0.687. The van der Waals surface area contributed by atoms with Gasteiger partial charge in [-0.2, -0.15) is 10.2 Å². The van der Waals surface area contributed by atoms with Crippen molar-refractivity contribution in [3.8, 4) is 0 Å². The van der Waals surface area contributed by atoms with Gasteiger partial charge in [-0.15, -0.1) is 0 Å². The van der Waals surface area contributed by atoms with Crippen molar-refractivity contribution in [2.75, 3.05) is 5.32 Å². The van der Waals surface area contributed by atoms with E-state index < -0.39 is 0 Å². The fourth-order valence-corrected chi connectivity index (χ4v) is 2.61. The fourth-order valence-electron chi connectivity index (χ4n) is 1.91. The average molecular weight is 397 g/mol. The van der Waals surface area contributed by atoms with Crippen molar-refractivity contribution in [2.24, 2.45) is 0 Å². The monoisotopic (exact) mass is 395 g/mol. The molecular weight excluding hydrogens is 386 g/mol. The zero-order chi connectivity index (χ0) is 15.5. The van der Waals surface area contributed by atoms with Crippen LogP contribution < -0.4 is 5.32 Å². The van der Waals surface area contributed by atoms with E-state index in [0.29, 0.717) is 11.7 Å². The summed E-state index contributed by atoms with van der Waals surface area (Å²) in [6.45, 7) is 0.599. The third-order valence-corrected chi connectivity index (χ3v) is 4.00. The van der Waals surface area contributed by atoms with Crippen LogP contribution in [0.1, 0.15) is 5.56 Å². The van der Waals surface area contributed by atoms with Gasteiger partial charge in [0.1, 0.15) is 0 Å². The zero-order valence-corrected chi connectivity index (χ0v) is 14.4. The Morgan fingerprint density at radius 2 is 2.05 bits per heavy atom. The maximum absolute atomic E-state index is 6.15. The number of hydrogen-bond acceptors (Lipinski definition) is 3. The highest BCUT2D eigenvalue weighted by atomic mass is 79.9. The van der Waals surface area contributed by atoms with Crippen LogP contribution in [0.25, 0.3) is 0 Å². The Kier molecular flexibility index (Phi) is 4.56. The van der Waals surface area contributed by atoms with Gasteiger partial charge in [0.05, 0.1) is 29.1 Å². The summed E-state index contributed by atoms with van der Waals surface area (Å²) in [5.41, 5.74) is 1.81. The van der Waals surface area contributed by atoms with Crippen LogP contribution in [0.4, 0.5) is 5.69 Å². The number of halogens is 2. The summed E-state index contributed by atoms with van der Waals surface area (Å²) in [6, 6.07) is 7.70. The van der Waals surface area contributed by atoms with E-state index in [1.807, 2.05) is 30.5 Å². The first-order chi connectivity index (χ1) is 10.6. The number of nitrogens with zero attached hydrogens (tertiary/aromatic N) is 4. The highest BCUT2D eigenvalue weighted by Crippen LogP contribution is 2.17. The highest BCUT2D eigenvalue weighted by molar-refractivity contribution is 9.10. The second-order valence-corrected chi connectivity index (χ2v) is 6.26. The third kappa shape index (κ3) is 3.55. The van der Waals surface area contributed by atoms with E-state index >= 15 is 0 Å². The highest BCUT2D eigenvalue weighted by Gasteiger charge is 2.06. The predicted molar refractivity (Wildman–Crippen MR) is 94.3 cm³/mol. The van der Waals surface area contributed by atoms with Crippen LogP contribution in [-0.2, 0) is 6.54 Å². The number of aromatic nitrogens is 4. The van der Waals surface area contributed by atoms with Crippen LogP contribution in [0.2, 0.25) is 5.02 Å². The summed E-state index contributed by atoms with van der Waals surface area (Å²) >= 11 is 14.8. The van der Waals surface area contributed by atoms with Crippen molar-refractivity contribution in [3.63, 3.8) is 0 Å². The van der Waals surface area contributed by atoms with Gasteiger partial charge in [-0.1, -0.05) is 29.8 Å². The van der Waals surface area contributed by atoms with E-state index in [2.05, 4.69) is 31.4 Å². The first-order valence-electron chi connectivity index (χ1n) is 6.39. The number of hydrogen-bond donors (Lipinski definition) is 1. The zero-order valence-electron chi connectivity index (χ0n) is 11.3. The molecule has 1 N–H and O–H groups in total. The Labute approximate surface area is 146 Å². The molecule has 0 radical (unpaired) electrons. The van der Waals surface area contributed by atoms with Crippen LogP contribution in [-0.4, -0.2) is 24.7 Å². The standard InChI is InChI=1S/C14H11BrClN5S/c15-11-5-18-21(8-11)14(22)19-12-6-17-20(9-12)7-10-3-1-2-4-13(10)16/h1-6,8-9H,7H2,(H,19,22). The Morgan fingerprint density at radius 3 is 2.77 bits per heavy atom. The summed E-state index contributed by atoms with van der Waals surface area (Å²) in [4.78, 5) is 0. The van der Waals surface area contributed by atoms with Crippen LogP contribution in [0.15, 0.2) is 53.5 Å². The van der Waals surface area contributed by atoms with Crippen molar-refractivity contribution in [3.05, 3.63) is 64.1 Å². The van der Waals surface area contributed by atoms with Gasteiger partial charge in [0.15, 0.2) is 5.11 Å². The molecule has 0 aliphatic rings. The molecule has 112 valence electrons. The molecule has 5 nitrogen and oxygen atoms in total. The number of anilines is 1. The Morgan fingerprint density at radius 1 is 1.23 bits per heavy atom. The molecule has 0 amide bonds. The largest absolute Gasteiger partial charge is 0.328 e. The molecule has 3 aromatic rings. The Hall–Kier alpha value is -1.70. The molecule has 0 unspecified atom stereocenters. The molecule has 2 aromatic heterocycles. The molecule has 0 spiro atoms. The van der Waals surface area contributed by atoms with E-state index in [0.717, 1.165) is 20.7 Å². The van der Waals surface area contributed by atoms with Gasteiger partial charge < -0.3 is 5.32 Å². The third-order valence-electron chi connectivity index (χ3n) is 2.93. The van der Waals surface area contributed by atoms with Crippen molar-refractivity contribution in [1.29, 1.82) is 0 Å². The van der Waals surface area contributed by atoms with Gasteiger partial charge in [0.25, 0.3) is 0 Å². The van der Waals surface area contributed by atoms with Gasteiger partial charge in [-0.3, -0.25) is 4.68 Å². The van der Waals surface area contributed by atoms with E-state index in [9.17, 15) is 0 Å². The van der Waals surface area contributed by atoms with Crippen LogP contribution in [0, 0.1) is 0 Å². The summed E-state index contributed by atoms with van der Waals surface area (Å²) < 4.78 is 4.24. The van der Waals surface area contributed by atoms with E-state index in [-0.39, 0.29) is 0 Å². The van der Waals surface area contributed by atoms with Crippen LogP contribution in [0.5, 0.6) is 0 Å². The van der Waals surface area contributed by atoms with Crippen molar-refractivity contribution in [1.82, 2.24) is 19.6 Å². The molecule has 0 fully saturated rings. The summed E-state index contributed by atoms with van der Waals surface area (Å²) in [7, 11) is 0. The SMILES string of the molecule is S=C(Nc1cnn(Cc2ccccc2Cl)c1)n1cc(Br)cn1. The number of benzene rings is 1. The van der Waals surface area contributed by atoms with Crippen molar-refractivity contribution in [2.45, 2.75) is 6.54 Å². The van der Waals surface area contributed by atoms with Gasteiger partial charge in [0.2, 0.25) is 0 Å². The Balaban J connectivity index is 1.69. The minimum Gasteiger partial charge on any atom is -0.328 e. The van der Waals surface area contributed by atoms with Gasteiger partial charge >= 0.3 is 0 Å². The van der Waals surface area contributed by atoms with Crippen molar-refractivity contribution < 1.29 is 0 Å². The Bertz CT molecular complexity index is 813. The maximum Gasteiger partial charge on any atom is 0.198 e. The van der Waals surface area contributed by atoms with E-state index in [1.165, 1.54) is 0 Å². The quantitative estimate of drug-likeness (QED) is 0.684. The first kappa shape index (κ1) is 15.2. The molecule has 0 atom stereocenters. The summed E-state index contributed by atoms with van der Waals surface area (Å²) in [5, 5.41) is 12.7. The summed E-state index contributed by atoms with van der Waals surface area (Å²) in [5.74, 6) is 0. The van der Waals surface area contributed by atoms with Crippen LogP contribution in [0.3, 0.4) is 0 Å². The van der Waals surface area contributed by atoms with E-state index in [4.69, 9.17) is 23.8 Å². The molecule has 0 saturated heterocycles. The fraction of sp³-hybridized carbons (Fsp3) is 0.0714. The molecule has 0 saturated carbocycles. The van der Waals surface area contributed by atoms with Crippen molar-refractivity contribution >= 4 is 50.5 Å². The molecule has 8 heteroatoms. The minimum atomic E-state index is 0.475. The summed E-state index contributed by atoms with van der Waals surface area (Å²) in [6.07, 6.45) is 7.04. The second kappa shape index (κ2) is 6.60. The van der Waals surface area contributed by atoms with Gasteiger partial charge in [0, 0.05) is 17.4 Å². The molecule has 3 rings (SSSR count). The smallest absolute Gasteiger partial charge is 0.198 e. The van der Waals surface area contributed by atoms with Gasteiger partial charge in [-0.05, 0) is 39.8 Å². The molecular formula is C14H11BrClN5S. The number of nitrogens with one attached hydrogen (secondary N) is 1. The molecule has 0 aliphatic heterocycles. The number of rotatable bonds is 3. The second-order valence-electron chi connectivity index (χ2n) is 4.55. The maximum atomic E-state index is 6.15. The predicted octanol–water partition coefficient (Wildman–Crippen LogP) is 3.79. The minimum absolute atomic E-state index is 0.475.